The molecule has 7 heteroatoms. The molecule has 1 saturated heterocycles. The van der Waals surface area contributed by atoms with E-state index >= 15 is 0 Å². The number of rotatable bonds is 4. The number of anilines is 1. The predicted molar refractivity (Wildman–Crippen MR) is 101 cm³/mol. The van der Waals surface area contributed by atoms with E-state index in [0.717, 1.165) is 43.5 Å². The first-order chi connectivity index (χ1) is 13.7. The lowest BCUT2D eigenvalue weighted by Gasteiger charge is -2.19. The zero-order valence-electron chi connectivity index (χ0n) is 15.2. The summed E-state index contributed by atoms with van der Waals surface area (Å²) in [4.78, 5) is 19.0. The Morgan fingerprint density at radius 3 is 2.18 bits per heavy atom. The highest BCUT2D eigenvalue weighted by molar-refractivity contribution is 5.53. The van der Waals surface area contributed by atoms with E-state index in [1.807, 2.05) is 11.0 Å². The van der Waals surface area contributed by atoms with Crippen LogP contribution in [0.4, 0.5) is 14.5 Å². The fourth-order valence-corrected chi connectivity index (χ4v) is 3.99. The predicted octanol–water partition coefficient (Wildman–Crippen LogP) is 4.08. The van der Waals surface area contributed by atoms with Crippen LogP contribution in [0.1, 0.15) is 42.2 Å². The summed E-state index contributed by atoms with van der Waals surface area (Å²) >= 11 is 0. The highest BCUT2D eigenvalue weighted by Gasteiger charge is 2.41. The number of benzene rings is 1. The van der Waals surface area contributed by atoms with Crippen LogP contribution in [-0.4, -0.2) is 33.0 Å². The van der Waals surface area contributed by atoms with Crippen molar-refractivity contribution in [3.8, 4) is 11.6 Å². The van der Waals surface area contributed by atoms with Gasteiger partial charge < -0.3 is 4.90 Å². The molecule has 28 heavy (non-hydrogen) atoms. The van der Waals surface area contributed by atoms with Crippen LogP contribution in [0.3, 0.4) is 0 Å². The van der Waals surface area contributed by atoms with Crippen LogP contribution in [0.2, 0.25) is 0 Å². The van der Waals surface area contributed by atoms with Crippen LogP contribution in [0.25, 0.3) is 11.6 Å². The summed E-state index contributed by atoms with van der Waals surface area (Å²) in [6.45, 7) is 1.57. The third-order valence-corrected chi connectivity index (χ3v) is 5.56. The van der Waals surface area contributed by atoms with Gasteiger partial charge in [0.05, 0.1) is 5.69 Å². The average molecular weight is 379 g/mol. The Bertz CT molecular complexity index is 988. The third kappa shape index (κ3) is 3.10. The van der Waals surface area contributed by atoms with Crippen molar-refractivity contribution in [2.24, 2.45) is 0 Å². The minimum Gasteiger partial charge on any atom is -0.369 e. The first-order valence-corrected chi connectivity index (χ1v) is 9.54. The van der Waals surface area contributed by atoms with Gasteiger partial charge in [-0.25, -0.2) is 28.7 Å². The lowest BCUT2D eigenvalue weighted by molar-refractivity contribution is 0.506. The lowest BCUT2D eigenvalue weighted by atomic mass is 10.0. The van der Waals surface area contributed by atoms with Crippen molar-refractivity contribution >= 4 is 5.69 Å². The molecule has 0 radical (unpaired) electrons. The van der Waals surface area contributed by atoms with Gasteiger partial charge in [0.25, 0.3) is 0 Å². The molecule has 2 aromatic heterocycles. The normalized spacial score (nSPS) is 21.1. The molecule has 3 heterocycles. The Hall–Kier alpha value is -2.96. The third-order valence-electron chi connectivity index (χ3n) is 5.56. The molecule has 2 fully saturated rings. The highest BCUT2D eigenvalue weighted by atomic mass is 19.2. The second kappa shape index (κ2) is 6.89. The molecule has 0 unspecified atom stereocenters. The molecule has 1 aromatic carbocycles. The number of aromatic nitrogens is 4. The van der Waals surface area contributed by atoms with Crippen molar-refractivity contribution in [1.82, 2.24) is 19.9 Å². The molecule has 0 spiro atoms. The molecule has 1 aliphatic heterocycles. The van der Waals surface area contributed by atoms with Gasteiger partial charge in [0.1, 0.15) is 0 Å². The molecular formula is C21H19F2N5. The van der Waals surface area contributed by atoms with Gasteiger partial charge in [0.15, 0.2) is 23.3 Å². The molecule has 0 bridgehead atoms. The van der Waals surface area contributed by atoms with Crippen molar-refractivity contribution < 1.29 is 8.78 Å². The maximum Gasteiger partial charge on any atom is 0.197 e. The molecular weight excluding hydrogens is 360 g/mol. The summed E-state index contributed by atoms with van der Waals surface area (Å²) in [7, 11) is 0. The van der Waals surface area contributed by atoms with Gasteiger partial charge in [-0.2, -0.15) is 0 Å². The molecule has 5 rings (SSSR count). The number of nitrogens with zero attached hydrogens (tertiary/aromatic N) is 5. The second-order valence-electron chi connectivity index (χ2n) is 7.39. The number of halogens is 2. The smallest absolute Gasteiger partial charge is 0.197 e. The van der Waals surface area contributed by atoms with Crippen LogP contribution < -0.4 is 4.90 Å². The largest absolute Gasteiger partial charge is 0.369 e. The number of hydrogen-bond acceptors (Lipinski definition) is 5. The fraction of sp³-hybridized carbons (Fsp3) is 0.333. The van der Waals surface area contributed by atoms with Crippen molar-refractivity contribution in [3.63, 3.8) is 0 Å². The topological polar surface area (TPSA) is 54.8 Å². The monoisotopic (exact) mass is 379 g/mol. The Balaban J connectivity index is 1.37. The SMILES string of the molecule is Fc1cc([C@@H]2C[C@H]2c2cnc(-c3ncccn3)nc2)cc(N2CCCC2)c1F. The Morgan fingerprint density at radius 2 is 1.46 bits per heavy atom. The van der Waals surface area contributed by atoms with E-state index in [1.165, 1.54) is 6.07 Å². The van der Waals surface area contributed by atoms with Gasteiger partial charge in [0.2, 0.25) is 0 Å². The molecule has 0 N–H and O–H groups in total. The van der Waals surface area contributed by atoms with Crippen molar-refractivity contribution in [2.75, 3.05) is 18.0 Å². The first kappa shape index (κ1) is 17.2. The van der Waals surface area contributed by atoms with Gasteiger partial charge >= 0.3 is 0 Å². The van der Waals surface area contributed by atoms with E-state index in [0.29, 0.717) is 17.3 Å². The summed E-state index contributed by atoms with van der Waals surface area (Å²) in [6.07, 6.45) is 9.79. The maximum absolute atomic E-state index is 14.3. The zero-order chi connectivity index (χ0) is 19.1. The molecule has 3 aromatic rings. The van der Waals surface area contributed by atoms with E-state index in [-0.39, 0.29) is 11.8 Å². The van der Waals surface area contributed by atoms with Crippen LogP contribution in [0.15, 0.2) is 43.0 Å². The minimum atomic E-state index is -0.766. The lowest BCUT2D eigenvalue weighted by Crippen LogP contribution is -2.19. The molecule has 0 amide bonds. The van der Waals surface area contributed by atoms with Gasteiger partial charge in [-0.3, -0.25) is 0 Å². The van der Waals surface area contributed by atoms with Crippen LogP contribution in [0.5, 0.6) is 0 Å². The van der Waals surface area contributed by atoms with Crippen LogP contribution >= 0.6 is 0 Å². The van der Waals surface area contributed by atoms with Gasteiger partial charge in [0, 0.05) is 37.9 Å². The first-order valence-electron chi connectivity index (χ1n) is 9.54. The second-order valence-corrected chi connectivity index (χ2v) is 7.39. The maximum atomic E-state index is 14.3. The Labute approximate surface area is 161 Å². The molecule has 1 saturated carbocycles. The van der Waals surface area contributed by atoms with E-state index in [9.17, 15) is 8.78 Å². The Kier molecular flexibility index (Phi) is 4.22. The van der Waals surface area contributed by atoms with Crippen molar-refractivity contribution in [1.29, 1.82) is 0 Å². The molecule has 2 aliphatic rings. The van der Waals surface area contributed by atoms with Gasteiger partial charge in [-0.1, -0.05) is 0 Å². The fourth-order valence-electron chi connectivity index (χ4n) is 3.99. The van der Waals surface area contributed by atoms with Crippen LogP contribution in [0, 0.1) is 11.6 Å². The number of hydrogen-bond donors (Lipinski definition) is 0. The van der Waals surface area contributed by atoms with Crippen LogP contribution in [-0.2, 0) is 0 Å². The van der Waals surface area contributed by atoms with Gasteiger partial charge in [-0.15, -0.1) is 0 Å². The van der Waals surface area contributed by atoms with E-state index in [1.54, 1.807) is 30.9 Å². The van der Waals surface area contributed by atoms with Gasteiger partial charge in [-0.05, 0) is 60.4 Å². The average Bonchev–Trinajstić information content (AvgIpc) is 3.35. The summed E-state index contributed by atoms with van der Waals surface area (Å²) in [6, 6.07) is 4.90. The molecule has 1 aliphatic carbocycles. The summed E-state index contributed by atoms with van der Waals surface area (Å²) < 4.78 is 28.5. The van der Waals surface area contributed by atoms with E-state index < -0.39 is 11.6 Å². The summed E-state index contributed by atoms with van der Waals surface area (Å²) in [5, 5.41) is 0. The van der Waals surface area contributed by atoms with E-state index in [2.05, 4.69) is 19.9 Å². The van der Waals surface area contributed by atoms with E-state index in [4.69, 9.17) is 0 Å². The Morgan fingerprint density at radius 1 is 0.821 bits per heavy atom. The standard InChI is InChI=1S/C21H19F2N5/c22-17-8-13(9-18(19(17)23)28-6-1-2-7-28)15-10-16(15)14-11-26-21(27-12-14)20-24-4-3-5-25-20/h3-5,8-9,11-12,15-16H,1-2,6-7,10H2/t15-,16-/m0/s1. The van der Waals surface area contributed by atoms with Crippen molar-refractivity contribution in [2.45, 2.75) is 31.1 Å². The summed E-state index contributed by atoms with van der Waals surface area (Å²) in [5.74, 6) is -0.153. The highest BCUT2D eigenvalue weighted by Crippen LogP contribution is 2.55. The van der Waals surface area contributed by atoms with Crippen molar-refractivity contribution in [3.05, 3.63) is 65.7 Å². The molecule has 142 valence electrons. The quantitative estimate of drug-likeness (QED) is 0.684. The molecule has 5 nitrogen and oxygen atoms in total. The molecule has 2 atom stereocenters. The summed E-state index contributed by atoms with van der Waals surface area (Å²) in [5.41, 5.74) is 2.24. The zero-order valence-corrected chi connectivity index (χ0v) is 15.2. The minimum absolute atomic E-state index is 0.166.